The molecule has 1 aromatic carbocycles. The van der Waals surface area contributed by atoms with Gasteiger partial charge >= 0.3 is 5.97 Å². The number of ketones is 1. The number of ether oxygens (including phenoxy) is 1. The SMILES string of the molecule is CCOC(=O)c1[nH]c(C)c(C(=O)[C@@H](C)N(C(=O)c2cccc(F)c2)C2CC2)c1C. The maximum Gasteiger partial charge on any atom is 0.355 e. The molecule has 0 unspecified atom stereocenters. The number of Topliss-reactive ketones (excluding diaryl/α,β-unsaturated/α-hetero) is 1. The Morgan fingerprint density at radius 1 is 1.28 bits per heavy atom. The van der Waals surface area contributed by atoms with E-state index in [1.807, 2.05) is 0 Å². The Balaban J connectivity index is 1.92. The molecule has 1 heterocycles. The number of H-pyrrole nitrogens is 1. The fourth-order valence-corrected chi connectivity index (χ4v) is 3.64. The predicted molar refractivity (Wildman–Crippen MR) is 106 cm³/mol. The molecule has 1 aliphatic rings. The molecule has 2 aromatic rings. The molecule has 1 amide bonds. The summed E-state index contributed by atoms with van der Waals surface area (Å²) in [6.45, 7) is 7.02. The maximum atomic E-state index is 13.6. The molecule has 1 N–H and O–H groups in total. The Labute approximate surface area is 169 Å². The number of nitrogens with one attached hydrogen (secondary N) is 1. The smallest absolute Gasteiger partial charge is 0.355 e. The minimum atomic E-state index is -0.749. The van der Waals surface area contributed by atoms with Crippen LogP contribution in [0, 0.1) is 19.7 Å². The average Bonchev–Trinajstić information content (AvgIpc) is 3.46. The van der Waals surface area contributed by atoms with Crippen molar-refractivity contribution in [3.8, 4) is 0 Å². The molecule has 1 fully saturated rings. The molecule has 1 aromatic heterocycles. The number of esters is 1. The highest BCUT2D eigenvalue weighted by Crippen LogP contribution is 2.32. The van der Waals surface area contributed by atoms with E-state index < -0.39 is 17.8 Å². The van der Waals surface area contributed by atoms with Gasteiger partial charge < -0.3 is 14.6 Å². The molecule has 1 atom stereocenters. The van der Waals surface area contributed by atoms with E-state index in [4.69, 9.17) is 4.74 Å². The van der Waals surface area contributed by atoms with Gasteiger partial charge in [-0.3, -0.25) is 9.59 Å². The second kappa shape index (κ2) is 8.19. The molecule has 0 spiro atoms. The number of benzene rings is 1. The first-order valence-electron chi connectivity index (χ1n) is 9.75. The highest BCUT2D eigenvalue weighted by atomic mass is 19.1. The van der Waals surface area contributed by atoms with Crippen molar-refractivity contribution in [2.45, 2.75) is 52.6 Å². The number of aromatic amines is 1. The van der Waals surface area contributed by atoms with Crippen LogP contribution in [0.15, 0.2) is 24.3 Å². The lowest BCUT2D eigenvalue weighted by atomic mass is 9.99. The Hall–Kier alpha value is -2.96. The number of nitrogens with zero attached hydrogens (tertiary/aromatic N) is 1. The molecule has 0 saturated heterocycles. The first-order valence-corrected chi connectivity index (χ1v) is 9.75. The van der Waals surface area contributed by atoms with Crippen molar-refractivity contribution in [2.75, 3.05) is 6.61 Å². The molecular formula is C22H25FN2O4. The monoisotopic (exact) mass is 400 g/mol. The van der Waals surface area contributed by atoms with Crippen LogP contribution in [0.4, 0.5) is 4.39 Å². The van der Waals surface area contributed by atoms with Crippen LogP contribution in [0.2, 0.25) is 0 Å². The zero-order chi connectivity index (χ0) is 21.3. The lowest BCUT2D eigenvalue weighted by molar-refractivity contribution is 0.0518. The van der Waals surface area contributed by atoms with Gasteiger partial charge in [0.25, 0.3) is 5.91 Å². The van der Waals surface area contributed by atoms with E-state index >= 15 is 0 Å². The number of carbonyl (C=O) groups excluding carboxylic acids is 3. The van der Waals surface area contributed by atoms with Crippen LogP contribution in [-0.2, 0) is 4.74 Å². The minimum absolute atomic E-state index is 0.0474. The molecule has 0 radical (unpaired) electrons. The zero-order valence-electron chi connectivity index (χ0n) is 17.0. The van der Waals surface area contributed by atoms with E-state index in [0.29, 0.717) is 16.8 Å². The van der Waals surface area contributed by atoms with Crippen LogP contribution in [0.1, 0.15) is 69.2 Å². The fraction of sp³-hybridized carbons (Fsp3) is 0.409. The Bertz CT molecular complexity index is 962. The van der Waals surface area contributed by atoms with Crippen LogP contribution < -0.4 is 0 Å². The summed E-state index contributed by atoms with van der Waals surface area (Å²) in [4.78, 5) is 43.0. The molecule has 3 rings (SSSR count). The van der Waals surface area contributed by atoms with Gasteiger partial charge in [-0.05, 0) is 64.3 Å². The van der Waals surface area contributed by atoms with Gasteiger partial charge in [0.1, 0.15) is 11.5 Å². The number of hydrogen-bond donors (Lipinski definition) is 1. The molecule has 0 aliphatic heterocycles. The van der Waals surface area contributed by atoms with Crippen LogP contribution in [0.5, 0.6) is 0 Å². The van der Waals surface area contributed by atoms with E-state index in [1.165, 1.54) is 23.1 Å². The number of aryl methyl sites for hydroxylation is 1. The third-order valence-electron chi connectivity index (χ3n) is 5.21. The molecule has 7 heteroatoms. The van der Waals surface area contributed by atoms with E-state index in [0.717, 1.165) is 12.8 Å². The maximum absolute atomic E-state index is 13.6. The molecule has 1 aliphatic carbocycles. The third-order valence-corrected chi connectivity index (χ3v) is 5.21. The number of halogens is 1. The van der Waals surface area contributed by atoms with E-state index in [-0.39, 0.29) is 35.6 Å². The van der Waals surface area contributed by atoms with Gasteiger partial charge in [-0.15, -0.1) is 0 Å². The second-order valence-electron chi connectivity index (χ2n) is 7.34. The van der Waals surface area contributed by atoms with Crippen LogP contribution in [-0.4, -0.2) is 46.2 Å². The third kappa shape index (κ3) is 4.09. The first-order chi connectivity index (χ1) is 13.8. The van der Waals surface area contributed by atoms with E-state index in [9.17, 15) is 18.8 Å². The van der Waals surface area contributed by atoms with Gasteiger partial charge in [-0.1, -0.05) is 6.07 Å². The summed E-state index contributed by atoms with van der Waals surface area (Å²) in [7, 11) is 0. The van der Waals surface area contributed by atoms with E-state index in [1.54, 1.807) is 33.8 Å². The molecule has 154 valence electrons. The summed E-state index contributed by atoms with van der Waals surface area (Å²) in [5, 5.41) is 0. The Morgan fingerprint density at radius 3 is 2.55 bits per heavy atom. The molecular weight excluding hydrogens is 375 g/mol. The molecule has 1 saturated carbocycles. The van der Waals surface area contributed by atoms with Gasteiger partial charge in [-0.2, -0.15) is 0 Å². The first kappa shape index (κ1) is 20.8. The van der Waals surface area contributed by atoms with Crippen molar-refractivity contribution < 1.29 is 23.5 Å². The highest BCUT2D eigenvalue weighted by molar-refractivity contribution is 6.07. The number of amides is 1. The molecule has 6 nitrogen and oxygen atoms in total. The standard InChI is InChI=1S/C22H25FN2O4/c1-5-29-22(28)19-12(2)18(13(3)24-19)20(26)14(4)25(17-9-10-17)21(27)15-7-6-8-16(23)11-15/h6-8,11,14,17,24H,5,9-10H2,1-4H3/t14-/m1/s1. The van der Waals surface area contributed by atoms with Crippen LogP contribution in [0.25, 0.3) is 0 Å². The second-order valence-corrected chi connectivity index (χ2v) is 7.34. The summed E-state index contributed by atoms with van der Waals surface area (Å²) in [5.41, 5.74) is 1.90. The number of rotatable bonds is 7. The lowest BCUT2D eigenvalue weighted by Crippen LogP contribution is -2.45. The molecule has 29 heavy (non-hydrogen) atoms. The predicted octanol–water partition coefficient (Wildman–Crippen LogP) is 3.82. The number of carbonyl (C=O) groups is 3. The zero-order valence-corrected chi connectivity index (χ0v) is 17.0. The van der Waals surface area contributed by atoms with Gasteiger partial charge in [-0.25, -0.2) is 9.18 Å². The van der Waals surface area contributed by atoms with Crippen molar-refractivity contribution in [3.05, 3.63) is 58.2 Å². The summed E-state index contributed by atoms with van der Waals surface area (Å²) in [5.74, 6) is -1.65. The minimum Gasteiger partial charge on any atom is -0.461 e. The van der Waals surface area contributed by atoms with Crippen molar-refractivity contribution in [1.82, 2.24) is 9.88 Å². The average molecular weight is 400 g/mol. The van der Waals surface area contributed by atoms with Crippen molar-refractivity contribution in [2.24, 2.45) is 0 Å². The molecule has 0 bridgehead atoms. The highest BCUT2D eigenvalue weighted by Gasteiger charge is 2.40. The quantitative estimate of drug-likeness (QED) is 0.566. The van der Waals surface area contributed by atoms with Gasteiger partial charge in [0, 0.05) is 22.9 Å². The van der Waals surface area contributed by atoms with Crippen molar-refractivity contribution in [1.29, 1.82) is 0 Å². The van der Waals surface area contributed by atoms with E-state index in [2.05, 4.69) is 4.98 Å². The van der Waals surface area contributed by atoms with Gasteiger partial charge in [0.15, 0.2) is 5.78 Å². The Morgan fingerprint density at radius 2 is 1.97 bits per heavy atom. The van der Waals surface area contributed by atoms with Crippen molar-refractivity contribution in [3.63, 3.8) is 0 Å². The number of hydrogen-bond acceptors (Lipinski definition) is 4. The lowest BCUT2D eigenvalue weighted by Gasteiger charge is -2.29. The Kier molecular flexibility index (Phi) is 5.86. The fourth-order valence-electron chi connectivity index (χ4n) is 3.64. The van der Waals surface area contributed by atoms with Crippen molar-refractivity contribution >= 4 is 17.7 Å². The normalized spacial score (nSPS) is 14.4. The summed E-state index contributed by atoms with van der Waals surface area (Å²) in [6.07, 6.45) is 1.61. The van der Waals surface area contributed by atoms with Gasteiger partial charge in [0.2, 0.25) is 0 Å². The van der Waals surface area contributed by atoms with Gasteiger partial charge in [0.05, 0.1) is 12.6 Å². The summed E-state index contributed by atoms with van der Waals surface area (Å²) >= 11 is 0. The van der Waals surface area contributed by atoms with Crippen LogP contribution in [0.3, 0.4) is 0 Å². The number of aromatic nitrogens is 1. The largest absolute Gasteiger partial charge is 0.461 e. The topological polar surface area (TPSA) is 79.5 Å². The summed E-state index contributed by atoms with van der Waals surface area (Å²) < 4.78 is 18.6. The summed E-state index contributed by atoms with van der Waals surface area (Å²) in [6, 6.07) is 4.68. The van der Waals surface area contributed by atoms with Crippen LogP contribution >= 0.6 is 0 Å².